The van der Waals surface area contributed by atoms with Crippen LogP contribution in [0, 0.1) is 17.5 Å². The van der Waals surface area contributed by atoms with Gasteiger partial charge in [-0.3, -0.25) is 4.72 Å². The molecule has 0 saturated carbocycles. The third-order valence-corrected chi connectivity index (χ3v) is 5.06. The lowest BCUT2D eigenvalue weighted by molar-refractivity contribution is 0.262. The Morgan fingerprint density at radius 3 is 2.24 bits per heavy atom. The molecule has 0 atom stereocenters. The van der Waals surface area contributed by atoms with Gasteiger partial charge in [0.15, 0.2) is 0 Å². The van der Waals surface area contributed by atoms with Crippen molar-refractivity contribution in [2.45, 2.75) is 4.90 Å². The Bertz CT molecular complexity index is 1170. The maximum Gasteiger partial charge on any atom is 0.323 e. The number of nitrogens with one attached hydrogen (secondary N) is 3. The van der Waals surface area contributed by atoms with E-state index in [1.165, 1.54) is 36.4 Å². The molecular formula is C19H14F3N3O3S. The summed E-state index contributed by atoms with van der Waals surface area (Å²) in [5, 5.41) is 4.53. The Labute approximate surface area is 164 Å². The lowest BCUT2D eigenvalue weighted by Crippen LogP contribution is -2.20. The number of hydrogen-bond acceptors (Lipinski definition) is 3. The third kappa shape index (κ3) is 5.05. The van der Waals surface area contributed by atoms with Gasteiger partial charge in [0, 0.05) is 11.8 Å². The Morgan fingerprint density at radius 1 is 0.759 bits per heavy atom. The molecule has 29 heavy (non-hydrogen) atoms. The van der Waals surface area contributed by atoms with Crippen molar-refractivity contribution >= 4 is 33.1 Å². The van der Waals surface area contributed by atoms with Gasteiger partial charge in [-0.1, -0.05) is 18.2 Å². The van der Waals surface area contributed by atoms with E-state index in [4.69, 9.17) is 0 Å². The average Bonchev–Trinajstić information content (AvgIpc) is 2.66. The van der Waals surface area contributed by atoms with Crippen LogP contribution in [0.15, 0.2) is 71.6 Å². The van der Waals surface area contributed by atoms with Gasteiger partial charge < -0.3 is 10.6 Å². The van der Waals surface area contributed by atoms with Crippen molar-refractivity contribution in [2.75, 3.05) is 15.4 Å². The molecule has 0 unspecified atom stereocenters. The van der Waals surface area contributed by atoms with Crippen molar-refractivity contribution in [3.63, 3.8) is 0 Å². The topological polar surface area (TPSA) is 87.3 Å². The Kier molecular flexibility index (Phi) is 5.74. The van der Waals surface area contributed by atoms with Crippen molar-refractivity contribution in [3.05, 3.63) is 84.2 Å². The first-order valence-electron chi connectivity index (χ1n) is 8.15. The first-order chi connectivity index (χ1) is 13.7. The van der Waals surface area contributed by atoms with Crippen LogP contribution in [0.4, 0.5) is 35.0 Å². The molecule has 0 heterocycles. The highest BCUT2D eigenvalue weighted by atomic mass is 32.2. The Hall–Kier alpha value is -3.53. The van der Waals surface area contributed by atoms with Gasteiger partial charge in [-0.25, -0.2) is 26.4 Å². The van der Waals surface area contributed by atoms with Crippen LogP contribution < -0.4 is 15.4 Å². The fraction of sp³-hybridized carbons (Fsp3) is 0. The van der Waals surface area contributed by atoms with E-state index in [0.29, 0.717) is 6.07 Å². The molecule has 3 rings (SSSR count). The third-order valence-electron chi connectivity index (χ3n) is 3.70. The zero-order valence-electron chi connectivity index (χ0n) is 14.6. The number of anilines is 3. The van der Waals surface area contributed by atoms with Crippen LogP contribution in [-0.4, -0.2) is 14.4 Å². The molecule has 6 nitrogen and oxygen atoms in total. The summed E-state index contributed by atoms with van der Waals surface area (Å²) in [5.74, 6) is -2.51. The summed E-state index contributed by atoms with van der Waals surface area (Å²) in [6.45, 7) is 0. The number of halogens is 3. The lowest BCUT2D eigenvalue weighted by atomic mass is 10.3. The second kappa shape index (κ2) is 8.23. The summed E-state index contributed by atoms with van der Waals surface area (Å²) in [6, 6.07) is 12.2. The summed E-state index contributed by atoms with van der Waals surface area (Å²) >= 11 is 0. The first-order valence-corrected chi connectivity index (χ1v) is 9.63. The second-order valence-electron chi connectivity index (χ2n) is 5.82. The maximum absolute atomic E-state index is 13.7. The van der Waals surface area contributed by atoms with Crippen molar-refractivity contribution < 1.29 is 26.4 Å². The summed E-state index contributed by atoms with van der Waals surface area (Å²) in [4.78, 5) is 11.8. The van der Waals surface area contributed by atoms with E-state index >= 15 is 0 Å². The molecule has 0 aliphatic carbocycles. The molecular weight excluding hydrogens is 407 g/mol. The molecule has 10 heteroatoms. The number of carbonyl (C=O) groups excluding carboxylic acids is 1. The smallest absolute Gasteiger partial charge is 0.308 e. The highest BCUT2D eigenvalue weighted by Gasteiger charge is 2.17. The normalized spacial score (nSPS) is 11.0. The van der Waals surface area contributed by atoms with Gasteiger partial charge in [-0.15, -0.1) is 0 Å². The number of carbonyl (C=O) groups is 1. The van der Waals surface area contributed by atoms with Crippen LogP contribution >= 0.6 is 0 Å². The van der Waals surface area contributed by atoms with E-state index in [2.05, 4.69) is 15.4 Å². The molecule has 3 N–H and O–H groups in total. The van der Waals surface area contributed by atoms with Gasteiger partial charge in [-0.2, -0.15) is 0 Å². The molecule has 0 aromatic heterocycles. The SMILES string of the molecule is O=C(Nc1cccc(S(=O)(=O)Nc2ccccc2F)c1)Nc1ccc(F)cc1F. The highest BCUT2D eigenvalue weighted by Crippen LogP contribution is 2.21. The number of urea groups is 1. The second-order valence-corrected chi connectivity index (χ2v) is 7.50. The summed E-state index contributed by atoms with van der Waals surface area (Å²) in [6.07, 6.45) is 0. The minimum absolute atomic E-state index is 0.0847. The van der Waals surface area contributed by atoms with Crippen LogP contribution in [0.1, 0.15) is 0 Å². The first kappa shape index (κ1) is 20.2. The number of amides is 2. The summed E-state index contributed by atoms with van der Waals surface area (Å²) in [7, 11) is -4.13. The quantitative estimate of drug-likeness (QED) is 0.565. The van der Waals surface area contributed by atoms with Crippen molar-refractivity contribution in [1.29, 1.82) is 0 Å². The monoisotopic (exact) mass is 421 g/mol. The van der Waals surface area contributed by atoms with Crippen molar-refractivity contribution in [3.8, 4) is 0 Å². The van der Waals surface area contributed by atoms with E-state index in [9.17, 15) is 26.4 Å². The van der Waals surface area contributed by atoms with Gasteiger partial charge >= 0.3 is 6.03 Å². The standard InChI is InChI=1S/C19H14F3N3O3S/c20-12-8-9-17(16(22)10-12)24-19(26)23-13-4-3-5-14(11-13)29(27,28)25-18-7-2-1-6-15(18)21/h1-11,25H,(H2,23,24,26). The maximum atomic E-state index is 13.7. The fourth-order valence-electron chi connectivity index (χ4n) is 2.36. The van der Waals surface area contributed by atoms with Crippen LogP contribution in [-0.2, 0) is 10.0 Å². The van der Waals surface area contributed by atoms with Gasteiger partial charge in [0.25, 0.3) is 10.0 Å². The van der Waals surface area contributed by atoms with Gasteiger partial charge in [0.2, 0.25) is 0 Å². The highest BCUT2D eigenvalue weighted by molar-refractivity contribution is 7.92. The van der Waals surface area contributed by atoms with Gasteiger partial charge in [-0.05, 0) is 42.5 Å². The van der Waals surface area contributed by atoms with E-state index in [-0.39, 0.29) is 22.0 Å². The molecule has 0 spiro atoms. The van der Waals surface area contributed by atoms with Crippen LogP contribution in [0.3, 0.4) is 0 Å². The molecule has 0 aliphatic rings. The molecule has 0 radical (unpaired) electrons. The predicted molar refractivity (Wildman–Crippen MR) is 103 cm³/mol. The van der Waals surface area contributed by atoms with Crippen LogP contribution in [0.5, 0.6) is 0 Å². The van der Waals surface area contributed by atoms with E-state index in [0.717, 1.165) is 24.3 Å². The molecule has 0 saturated heterocycles. The zero-order chi connectivity index (χ0) is 21.0. The van der Waals surface area contributed by atoms with Crippen molar-refractivity contribution in [1.82, 2.24) is 0 Å². The lowest BCUT2D eigenvalue weighted by Gasteiger charge is -2.11. The number of benzene rings is 3. The Morgan fingerprint density at radius 2 is 1.52 bits per heavy atom. The minimum atomic E-state index is -4.13. The number of rotatable bonds is 5. The molecule has 0 bridgehead atoms. The molecule has 150 valence electrons. The number of hydrogen-bond donors (Lipinski definition) is 3. The van der Waals surface area contributed by atoms with Gasteiger partial charge in [0.1, 0.15) is 17.5 Å². The van der Waals surface area contributed by atoms with Crippen LogP contribution in [0.25, 0.3) is 0 Å². The average molecular weight is 421 g/mol. The largest absolute Gasteiger partial charge is 0.323 e. The summed E-state index contributed by atoms with van der Waals surface area (Å²) in [5.41, 5.74) is -0.397. The molecule has 3 aromatic rings. The number of sulfonamides is 1. The van der Waals surface area contributed by atoms with Gasteiger partial charge in [0.05, 0.1) is 16.3 Å². The van der Waals surface area contributed by atoms with E-state index in [1.807, 2.05) is 0 Å². The fourth-order valence-corrected chi connectivity index (χ4v) is 3.48. The minimum Gasteiger partial charge on any atom is -0.308 e. The molecule has 2 amide bonds. The summed E-state index contributed by atoms with van der Waals surface area (Å²) < 4.78 is 67.3. The van der Waals surface area contributed by atoms with E-state index < -0.39 is 33.5 Å². The predicted octanol–water partition coefficient (Wildman–Crippen LogP) is 4.55. The van der Waals surface area contributed by atoms with Crippen LogP contribution in [0.2, 0.25) is 0 Å². The molecule has 0 fully saturated rings. The molecule has 0 aliphatic heterocycles. The van der Waals surface area contributed by atoms with E-state index in [1.54, 1.807) is 0 Å². The zero-order valence-corrected chi connectivity index (χ0v) is 15.4. The Balaban J connectivity index is 1.75. The number of para-hydroxylation sites is 1. The molecule has 3 aromatic carbocycles. The van der Waals surface area contributed by atoms with Crippen molar-refractivity contribution in [2.24, 2.45) is 0 Å².